The van der Waals surface area contributed by atoms with Gasteiger partial charge in [-0.25, -0.2) is 0 Å². The molecule has 1 aromatic heterocycles. The largest absolute Gasteiger partial charge is 0.383 e. The van der Waals surface area contributed by atoms with E-state index < -0.39 is 0 Å². The molecule has 1 aliphatic rings. The molecule has 2 heterocycles. The van der Waals surface area contributed by atoms with Crippen molar-refractivity contribution in [2.75, 3.05) is 26.8 Å². The number of carbonyl (C=O) groups is 1. The Bertz CT molecular complexity index is 467. The first-order valence-corrected chi connectivity index (χ1v) is 7.77. The van der Waals surface area contributed by atoms with Gasteiger partial charge in [-0.2, -0.15) is 0 Å². The minimum Gasteiger partial charge on any atom is -0.383 e. The second kappa shape index (κ2) is 6.74. The number of aryl methyl sites for hydroxylation is 1. The van der Waals surface area contributed by atoms with E-state index >= 15 is 0 Å². The van der Waals surface area contributed by atoms with Gasteiger partial charge >= 0.3 is 0 Å². The fourth-order valence-electron chi connectivity index (χ4n) is 2.74. The molecule has 1 fully saturated rings. The molecule has 2 N–H and O–H groups in total. The SMILES string of the molecule is CCn1cc(Br)cc1C(=O)NCC1(COC)CCCN1. The van der Waals surface area contributed by atoms with E-state index in [4.69, 9.17) is 4.74 Å². The van der Waals surface area contributed by atoms with Gasteiger partial charge in [0.25, 0.3) is 5.91 Å². The van der Waals surface area contributed by atoms with E-state index in [0.717, 1.165) is 30.4 Å². The minimum absolute atomic E-state index is 0.0401. The van der Waals surface area contributed by atoms with E-state index in [1.165, 1.54) is 0 Å². The fraction of sp³-hybridized carbons (Fsp3) is 0.643. The van der Waals surface area contributed by atoms with Crippen molar-refractivity contribution < 1.29 is 9.53 Å². The van der Waals surface area contributed by atoms with Gasteiger partial charge in [-0.05, 0) is 48.3 Å². The van der Waals surface area contributed by atoms with Crippen molar-refractivity contribution in [3.63, 3.8) is 0 Å². The summed E-state index contributed by atoms with van der Waals surface area (Å²) >= 11 is 3.41. The minimum atomic E-state index is -0.120. The van der Waals surface area contributed by atoms with Crippen LogP contribution in [0.3, 0.4) is 0 Å². The predicted octanol–water partition coefficient (Wildman–Crippen LogP) is 1.77. The zero-order chi connectivity index (χ0) is 14.6. The Balaban J connectivity index is 2.00. The van der Waals surface area contributed by atoms with Gasteiger partial charge in [0.05, 0.1) is 12.1 Å². The average molecular weight is 344 g/mol. The summed E-state index contributed by atoms with van der Waals surface area (Å²) in [7, 11) is 1.70. The summed E-state index contributed by atoms with van der Waals surface area (Å²) in [6, 6.07) is 1.85. The van der Waals surface area contributed by atoms with Crippen molar-refractivity contribution in [1.82, 2.24) is 15.2 Å². The summed E-state index contributed by atoms with van der Waals surface area (Å²) in [6.45, 7) is 4.98. The van der Waals surface area contributed by atoms with Crippen LogP contribution in [-0.2, 0) is 11.3 Å². The molecule has 1 unspecified atom stereocenters. The molecule has 0 aromatic carbocycles. The quantitative estimate of drug-likeness (QED) is 0.827. The molecule has 0 radical (unpaired) electrons. The van der Waals surface area contributed by atoms with Gasteiger partial charge in [0, 0.05) is 30.9 Å². The van der Waals surface area contributed by atoms with Crippen molar-refractivity contribution in [3.05, 3.63) is 22.4 Å². The molecular weight excluding hydrogens is 322 g/mol. The van der Waals surface area contributed by atoms with Gasteiger partial charge in [0.1, 0.15) is 5.69 Å². The topological polar surface area (TPSA) is 55.3 Å². The number of amides is 1. The number of carbonyl (C=O) groups excluding carboxylic acids is 1. The molecule has 5 nitrogen and oxygen atoms in total. The molecule has 20 heavy (non-hydrogen) atoms. The maximum absolute atomic E-state index is 12.3. The van der Waals surface area contributed by atoms with Crippen LogP contribution >= 0.6 is 15.9 Å². The highest BCUT2D eigenvalue weighted by atomic mass is 79.9. The molecule has 0 aliphatic carbocycles. The zero-order valence-corrected chi connectivity index (χ0v) is 13.6. The number of hydrogen-bond donors (Lipinski definition) is 2. The van der Waals surface area contributed by atoms with Crippen molar-refractivity contribution in [2.24, 2.45) is 0 Å². The first-order chi connectivity index (χ1) is 9.60. The van der Waals surface area contributed by atoms with Gasteiger partial charge in [-0.15, -0.1) is 0 Å². The molecule has 1 aliphatic heterocycles. The van der Waals surface area contributed by atoms with Crippen molar-refractivity contribution in [1.29, 1.82) is 0 Å². The molecule has 112 valence electrons. The number of aromatic nitrogens is 1. The summed E-state index contributed by atoms with van der Waals surface area (Å²) in [5.41, 5.74) is 0.565. The van der Waals surface area contributed by atoms with Crippen molar-refractivity contribution >= 4 is 21.8 Å². The number of nitrogens with zero attached hydrogens (tertiary/aromatic N) is 1. The van der Waals surface area contributed by atoms with Crippen LogP contribution < -0.4 is 10.6 Å². The van der Waals surface area contributed by atoms with Gasteiger partial charge in [-0.1, -0.05) is 0 Å². The highest BCUT2D eigenvalue weighted by Crippen LogP contribution is 2.19. The number of halogens is 1. The first kappa shape index (κ1) is 15.5. The summed E-state index contributed by atoms with van der Waals surface area (Å²) in [5, 5.41) is 6.49. The van der Waals surface area contributed by atoms with Crippen LogP contribution in [0.25, 0.3) is 0 Å². The Kier molecular flexibility index (Phi) is 5.23. The third-order valence-corrected chi connectivity index (χ3v) is 4.21. The Hall–Kier alpha value is -0.850. The second-order valence-corrected chi connectivity index (χ2v) is 6.17. The highest BCUT2D eigenvalue weighted by Gasteiger charge is 2.34. The number of methoxy groups -OCH3 is 1. The van der Waals surface area contributed by atoms with E-state index in [1.807, 2.05) is 23.8 Å². The van der Waals surface area contributed by atoms with Crippen LogP contribution in [0.4, 0.5) is 0 Å². The maximum Gasteiger partial charge on any atom is 0.268 e. The van der Waals surface area contributed by atoms with E-state index in [0.29, 0.717) is 18.8 Å². The lowest BCUT2D eigenvalue weighted by atomic mass is 9.98. The Morgan fingerprint density at radius 1 is 1.65 bits per heavy atom. The summed E-state index contributed by atoms with van der Waals surface area (Å²) < 4.78 is 8.15. The highest BCUT2D eigenvalue weighted by molar-refractivity contribution is 9.10. The molecule has 1 aromatic rings. The summed E-state index contributed by atoms with van der Waals surface area (Å²) in [4.78, 5) is 12.3. The third-order valence-electron chi connectivity index (χ3n) is 3.78. The van der Waals surface area contributed by atoms with Crippen molar-refractivity contribution in [3.8, 4) is 0 Å². The van der Waals surface area contributed by atoms with Crippen LogP contribution in [0.2, 0.25) is 0 Å². The number of rotatable bonds is 6. The van der Waals surface area contributed by atoms with Crippen LogP contribution in [0.5, 0.6) is 0 Å². The molecule has 0 saturated carbocycles. The van der Waals surface area contributed by atoms with Crippen LogP contribution in [0.15, 0.2) is 16.7 Å². The van der Waals surface area contributed by atoms with E-state index in [-0.39, 0.29) is 11.4 Å². The molecule has 0 spiro atoms. The molecular formula is C14H22BrN3O2. The lowest BCUT2D eigenvalue weighted by molar-refractivity contribution is 0.0884. The van der Waals surface area contributed by atoms with Crippen molar-refractivity contribution in [2.45, 2.75) is 31.8 Å². The summed E-state index contributed by atoms with van der Waals surface area (Å²) in [5.74, 6) is -0.0401. The second-order valence-electron chi connectivity index (χ2n) is 5.26. The third kappa shape index (κ3) is 3.42. The standard InChI is InChI=1S/C14H22BrN3O2/c1-3-18-8-11(15)7-12(18)13(19)16-9-14(10-20-2)5-4-6-17-14/h7-8,17H,3-6,9-10H2,1-2H3,(H,16,19). The molecule has 0 bridgehead atoms. The van der Waals surface area contributed by atoms with E-state index in [1.54, 1.807) is 7.11 Å². The van der Waals surface area contributed by atoms with Crippen LogP contribution in [0, 0.1) is 0 Å². The van der Waals surface area contributed by atoms with Gasteiger partial charge < -0.3 is 19.9 Å². The first-order valence-electron chi connectivity index (χ1n) is 6.98. The van der Waals surface area contributed by atoms with E-state index in [9.17, 15) is 4.79 Å². The fourth-order valence-corrected chi connectivity index (χ4v) is 3.20. The molecule has 2 rings (SSSR count). The van der Waals surface area contributed by atoms with Crippen LogP contribution in [0.1, 0.15) is 30.3 Å². The average Bonchev–Trinajstić information content (AvgIpc) is 3.03. The Morgan fingerprint density at radius 2 is 2.45 bits per heavy atom. The molecule has 6 heteroatoms. The molecule has 1 saturated heterocycles. The number of hydrogen-bond acceptors (Lipinski definition) is 3. The number of nitrogens with one attached hydrogen (secondary N) is 2. The number of ether oxygens (including phenoxy) is 1. The molecule has 1 amide bonds. The normalized spacial score (nSPS) is 22.1. The molecule has 1 atom stereocenters. The maximum atomic E-state index is 12.3. The Morgan fingerprint density at radius 3 is 3.05 bits per heavy atom. The smallest absolute Gasteiger partial charge is 0.268 e. The lowest BCUT2D eigenvalue weighted by Gasteiger charge is -2.29. The Labute approximate surface area is 128 Å². The predicted molar refractivity (Wildman–Crippen MR) is 82.0 cm³/mol. The van der Waals surface area contributed by atoms with E-state index in [2.05, 4.69) is 26.6 Å². The zero-order valence-electron chi connectivity index (χ0n) is 12.0. The van der Waals surface area contributed by atoms with Gasteiger partial charge in [0.2, 0.25) is 0 Å². The monoisotopic (exact) mass is 343 g/mol. The lowest BCUT2D eigenvalue weighted by Crippen LogP contribution is -2.53. The summed E-state index contributed by atoms with van der Waals surface area (Å²) in [6.07, 6.45) is 4.07. The van der Waals surface area contributed by atoms with Gasteiger partial charge in [-0.3, -0.25) is 4.79 Å². The van der Waals surface area contributed by atoms with Gasteiger partial charge in [0.15, 0.2) is 0 Å². The van der Waals surface area contributed by atoms with Crippen LogP contribution in [-0.4, -0.2) is 42.8 Å².